The van der Waals surface area contributed by atoms with Crippen LogP contribution in [0.3, 0.4) is 0 Å². The average Bonchev–Trinajstić information content (AvgIpc) is 3.41. The summed E-state index contributed by atoms with van der Waals surface area (Å²) in [5.74, 6) is -0.239. The Morgan fingerprint density at radius 3 is 2.40 bits per heavy atom. The molecule has 0 aromatic heterocycles. The minimum atomic E-state index is -1.06. The number of carboxylic acid groups (broad SMARTS) is 1. The van der Waals surface area contributed by atoms with E-state index in [1.54, 1.807) is 0 Å². The van der Waals surface area contributed by atoms with Crippen LogP contribution in [0.4, 0.5) is 4.79 Å². The molecule has 2 heterocycles. The second-order valence-corrected chi connectivity index (χ2v) is 7.14. The molecule has 2 fully saturated rings. The number of aliphatic hydroxyl groups excluding tert-OH is 1. The van der Waals surface area contributed by atoms with Crippen LogP contribution in [-0.2, 0) is 9.53 Å². The number of likely N-dealkylation sites (tertiary alicyclic amines) is 1. The molecule has 2 aliphatic heterocycles. The first-order chi connectivity index (χ1) is 12.0. The van der Waals surface area contributed by atoms with Crippen molar-refractivity contribution in [1.82, 2.24) is 4.90 Å². The maximum Gasteiger partial charge on any atom is 0.407 e. The molecule has 1 unspecified atom stereocenters. The smallest absolute Gasteiger partial charge is 0.407 e. The van der Waals surface area contributed by atoms with E-state index in [4.69, 9.17) is 9.84 Å². The summed E-state index contributed by atoms with van der Waals surface area (Å²) in [6, 6.07) is 9.76. The van der Waals surface area contributed by atoms with E-state index in [0.717, 1.165) is 18.4 Å². The molecule has 1 amide bonds. The topological polar surface area (TPSA) is 87.1 Å². The molecule has 1 spiro atoms. The van der Waals surface area contributed by atoms with Crippen LogP contribution in [0.15, 0.2) is 41.7 Å². The van der Waals surface area contributed by atoms with Crippen LogP contribution in [0.5, 0.6) is 0 Å². The van der Waals surface area contributed by atoms with E-state index in [1.807, 2.05) is 30.3 Å². The normalized spacial score (nSPS) is 23.7. The first-order valence-electron chi connectivity index (χ1n) is 8.71. The van der Waals surface area contributed by atoms with E-state index >= 15 is 0 Å². The van der Waals surface area contributed by atoms with Crippen molar-refractivity contribution in [3.63, 3.8) is 0 Å². The fourth-order valence-corrected chi connectivity index (χ4v) is 4.06. The third-order valence-corrected chi connectivity index (χ3v) is 5.60. The predicted octanol–water partition coefficient (Wildman–Crippen LogP) is 3.06. The Hall–Kier alpha value is -2.50. The molecular formula is C19H21NO5. The van der Waals surface area contributed by atoms with Gasteiger partial charge in [-0.3, -0.25) is 0 Å². The van der Waals surface area contributed by atoms with Gasteiger partial charge in [0.25, 0.3) is 0 Å². The van der Waals surface area contributed by atoms with Gasteiger partial charge < -0.3 is 19.8 Å². The second-order valence-electron chi connectivity index (χ2n) is 7.14. The van der Waals surface area contributed by atoms with Gasteiger partial charge in [-0.25, -0.2) is 9.59 Å². The van der Waals surface area contributed by atoms with Gasteiger partial charge in [0.15, 0.2) is 5.60 Å². The van der Waals surface area contributed by atoms with Crippen LogP contribution in [0.25, 0.3) is 0 Å². The minimum absolute atomic E-state index is 0.0169. The van der Waals surface area contributed by atoms with Crippen LogP contribution in [0.1, 0.15) is 37.2 Å². The zero-order chi connectivity index (χ0) is 17.6. The van der Waals surface area contributed by atoms with Gasteiger partial charge in [-0.15, -0.1) is 0 Å². The number of piperidine rings is 1. The Balaban J connectivity index is 1.67. The minimum Gasteiger partial charge on any atom is -0.507 e. The molecule has 0 radical (unpaired) electrons. The molecule has 1 aromatic rings. The van der Waals surface area contributed by atoms with E-state index < -0.39 is 17.7 Å². The van der Waals surface area contributed by atoms with Crippen molar-refractivity contribution >= 4 is 12.1 Å². The third kappa shape index (κ3) is 2.65. The van der Waals surface area contributed by atoms with Crippen LogP contribution >= 0.6 is 0 Å². The number of ether oxygens (including phenoxy) is 1. The van der Waals surface area contributed by atoms with Crippen molar-refractivity contribution in [1.29, 1.82) is 0 Å². The molecule has 0 bridgehead atoms. The SMILES string of the molecule is O=C1OC2(CCN(C(=O)O)CC2)C(O)=C1C(c1ccccc1)C1CC1. The first-order valence-corrected chi connectivity index (χ1v) is 8.71. The Bertz CT molecular complexity index is 729. The van der Waals surface area contributed by atoms with E-state index in [-0.39, 0.29) is 24.8 Å². The number of benzene rings is 1. The highest BCUT2D eigenvalue weighted by Gasteiger charge is 2.54. The number of esters is 1. The van der Waals surface area contributed by atoms with Crippen molar-refractivity contribution in [3.05, 3.63) is 47.2 Å². The summed E-state index contributed by atoms with van der Waals surface area (Å²) in [6.07, 6.45) is 1.68. The quantitative estimate of drug-likeness (QED) is 0.824. The molecule has 132 valence electrons. The van der Waals surface area contributed by atoms with Gasteiger partial charge in [-0.05, 0) is 24.3 Å². The fraction of sp³-hybridized carbons (Fsp3) is 0.474. The Kier molecular flexibility index (Phi) is 3.71. The monoisotopic (exact) mass is 343 g/mol. The molecule has 25 heavy (non-hydrogen) atoms. The summed E-state index contributed by atoms with van der Waals surface area (Å²) in [4.78, 5) is 25.0. The lowest BCUT2D eigenvalue weighted by molar-refractivity contribution is -0.151. The predicted molar refractivity (Wildman–Crippen MR) is 89.2 cm³/mol. The summed E-state index contributed by atoms with van der Waals surface area (Å²) < 4.78 is 5.64. The summed E-state index contributed by atoms with van der Waals surface area (Å²) in [7, 11) is 0. The lowest BCUT2D eigenvalue weighted by Gasteiger charge is -2.36. The van der Waals surface area contributed by atoms with Gasteiger partial charge in [0, 0.05) is 31.8 Å². The maximum atomic E-state index is 12.7. The molecule has 6 heteroatoms. The summed E-state index contributed by atoms with van der Waals surface area (Å²) in [5, 5.41) is 20.0. The number of carbonyl (C=O) groups excluding carboxylic acids is 1. The highest BCUT2D eigenvalue weighted by Crippen LogP contribution is 2.52. The third-order valence-electron chi connectivity index (χ3n) is 5.60. The number of nitrogens with zero attached hydrogens (tertiary/aromatic N) is 1. The number of rotatable bonds is 3. The highest BCUT2D eigenvalue weighted by molar-refractivity contribution is 5.94. The van der Waals surface area contributed by atoms with Crippen molar-refractivity contribution in [2.45, 2.75) is 37.2 Å². The number of aliphatic hydroxyl groups is 1. The molecular weight excluding hydrogens is 322 g/mol. The second kappa shape index (κ2) is 5.79. The van der Waals surface area contributed by atoms with Gasteiger partial charge in [-0.1, -0.05) is 30.3 Å². The summed E-state index contributed by atoms with van der Waals surface area (Å²) in [5.41, 5.74) is 0.335. The molecule has 6 nitrogen and oxygen atoms in total. The lowest BCUT2D eigenvalue weighted by Crippen LogP contribution is -2.47. The van der Waals surface area contributed by atoms with Gasteiger partial charge in [0.2, 0.25) is 0 Å². The van der Waals surface area contributed by atoms with Crippen molar-refractivity contribution in [2.24, 2.45) is 5.92 Å². The maximum absolute atomic E-state index is 12.7. The first kappa shape index (κ1) is 16.0. The van der Waals surface area contributed by atoms with E-state index in [0.29, 0.717) is 24.3 Å². The van der Waals surface area contributed by atoms with Gasteiger partial charge in [-0.2, -0.15) is 0 Å². The van der Waals surface area contributed by atoms with Crippen molar-refractivity contribution in [2.75, 3.05) is 13.1 Å². The molecule has 1 aromatic carbocycles. The lowest BCUT2D eigenvalue weighted by atomic mass is 9.82. The largest absolute Gasteiger partial charge is 0.507 e. The van der Waals surface area contributed by atoms with Crippen LogP contribution in [-0.4, -0.2) is 45.9 Å². The average molecular weight is 343 g/mol. The van der Waals surface area contributed by atoms with Crippen molar-refractivity contribution in [3.8, 4) is 0 Å². The molecule has 1 aliphatic carbocycles. The summed E-state index contributed by atoms with van der Waals surface area (Å²) >= 11 is 0. The Labute approximate surface area is 145 Å². The Morgan fingerprint density at radius 2 is 1.84 bits per heavy atom. The van der Waals surface area contributed by atoms with E-state index in [9.17, 15) is 14.7 Å². The number of amides is 1. The van der Waals surface area contributed by atoms with E-state index in [2.05, 4.69) is 0 Å². The molecule has 1 saturated carbocycles. The number of hydrogen-bond acceptors (Lipinski definition) is 4. The molecule has 1 saturated heterocycles. The molecule has 3 aliphatic rings. The highest BCUT2D eigenvalue weighted by atomic mass is 16.6. The zero-order valence-electron chi connectivity index (χ0n) is 13.9. The number of carbonyl (C=O) groups is 2. The standard InChI is InChI=1S/C19H21NO5/c21-16-15(14(13-6-7-13)12-4-2-1-3-5-12)17(22)25-19(16)8-10-20(11-9-19)18(23)24/h1-5,13-14,21H,6-11H2,(H,23,24). The van der Waals surface area contributed by atoms with Crippen LogP contribution in [0.2, 0.25) is 0 Å². The number of hydrogen-bond donors (Lipinski definition) is 2. The molecule has 4 rings (SSSR count). The van der Waals surface area contributed by atoms with Gasteiger partial charge in [0.1, 0.15) is 5.76 Å². The van der Waals surface area contributed by atoms with Gasteiger partial charge in [0.05, 0.1) is 5.57 Å². The van der Waals surface area contributed by atoms with Crippen LogP contribution in [0, 0.1) is 5.92 Å². The van der Waals surface area contributed by atoms with Crippen LogP contribution < -0.4 is 0 Å². The molecule has 2 N–H and O–H groups in total. The summed E-state index contributed by atoms with van der Waals surface area (Å²) in [6.45, 7) is 0.499. The van der Waals surface area contributed by atoms with Crippen molar-refractivity contribution < 1.29 is 24.5 Å². The van der Waals surface area contributed by atoms with E-state index in [1.165, 1.54) is 4.90 Å². The van der Waals surface area contributed by atoms with Gasteiger partial charge >= 0.3 is 12.1 Å². The zero-order valence-corrected chi connectivity index (χ0v) is 13.9. The Morgan fingerprint density at radius 1 is 1.20 bits per heavy atom. The fourth-order valence-electron chi connectivity index (χ4n) is 4.06. The molecule has 1 atom stereocenters.